The standard InChI is InChI=1S/C21H18F3N3O/c22-21(23,24)17-9-5-4-8-15(17)12-27-11-10-18-16(13-27)20(28)26-19(25-18)14-6-2-1-3-7-14/h1-9H,10-13H2,(H,25,26,28). The molecular weight excluding hydrogens is 367 g/mol. The summed E-state index contributed by atoms with van der Waals surface area (Å²) in [5.41, 5.74) is 1.40. The Hall–Kier alpha value is -2.93. The molecule has 0 fully saturated rings. The van der Waals surface area contributed by atoms with Crippen molar-refractivity contribution < 1.29 is 13.2 Å². The van der Waals surface area contributed by atoms with E-state index in [4.69, 9.17) is 0 Å². The number of alkyl halides is 3. The Morgan fingerprint density at radius 3 is 2.50 bits per heavy atom. The molecule has 0 atom stereocenters. The van der Waals surface area contributed by atoms with Gasteiger partial charge in [0.25, 0.3) is 5.56 Å². The molecule has 4 rings (SSSR count). The fourth-order valence-corrected chi connectivity index (χ4v) is 3.52. The third-order valence-corrected chi connectivity index (χ3v) is 4.91. The molecule has 1 aliphatic rings. The summed E-state index contributed by atoms with van der Waals surface area (Å²) < 4.78 is 39.7. The van der Waals surface area contributed by atoms with Crippen LogP contribution in [0.5, 0.6) is 0 Å². The fraction of sp³-hybridized carbons (Fsp3) is 0.238. The lowest BCUT2D eigenvalue weighted by atomic mass is 10.0. The van der Waals surface area contributed by atoms with E-state index in [1.807, 2.05) is 35.2 Å². The van der Waals surface area contributed by atoms with E-state index in [0.29, 0.717) is 30.0 Å². The van der Waals surface area contributed by atoms with Crippen LogP contribution in [0.15, 0.2) is 59.4 Å². The zero-order valence-electron chi connectivity index (χ0n) is 15.0. The highest BCUT2D eigenvalue weighted by atomic mass is 19.4. The van der Waals surface area contributed by atoms with Gasteiger partial charge in [-0.1, -0.05) is 48.5 Å². The summed E-state index contributed by atoms with van der Waals surface area (Å²) in [4.78, 5) is 21.8. The summed E-state index contributed by atoms with van der Waals surface area (Å²) in [6.45, 7) is 0.956. The van der Waals surface area contributed by atoms with Gasteiger partial charge in [0.1, 0.15) is 5.82 Å². The van der Waals surface area contributed by atoms with E-state index >= 15 is 0 Å². The monoisotopic (exact) mass is 385 g/mol. The normalized spacial score (nSPS) is 14.7. The molecule has 1 aliphatic heterocycles. The zero-order valence-corrected chi connectivity index (χ0v) is 15.0. The molecule has 0 amide bonds. The first-order valence-corrected chi connectivity index (χ1v) is 8.97. The summed E-state index contributed by atoms with van der Waals surface area (Å²) in [5.74, 6) is 0.514. The van der Waals surface area contributed by atoms with Gasteiger partial charge in [-0.2, -0.15) is 13.2 Å². The van der Waals surface area contributed by atoms with Crippen LogP contribution in [0.1, 0.15) is 22.4 Å². The fourth-order valence-electron chi connectivity index (χ4n) is 3.52. The highest BCUT2D eigenvalue weighted by molar-refractivity contribution is 5.54. The van der Waals surface area contributed by atoms with Gasteiger partial charge in [0.05, 0.1) is 16.8 Å². The summed E-state index contributed by atoms with van der Waals surface area (Å²) >= 11 is 0. The van der Waals surface area contributed by atoms with E-state index in [-0.39, 0.29) is 24.2 Å². The molecule has 7 heteroatoms. The molecule has 2 heterocycles. The van der Waals surface area contributed by atoms with E-state index in [9.17, 15) is 18.0 Å². The number of nitrogens with zero attached hydrogens (tertiary/aromatic N) is 2. The van der Waals surface area contributed by atoms with Crippen molar-refractivity contribution in [1.82, 2.24) is 14.9 Å². The number of aromatic amines is 1. The second-order valence-electron chi connectivity index (χ2n) is 6.82. The molecule has 4 nitrogen and oxygen atoms in total. The molecule has 2 aromatic carbocycles. The van der Waals surface area contributed by atoms with E-state index in [1.165, 1.54) is 12.1 Å². The molecule has 0 unspecified atom stereocenters. The van der Waals surface area contributed by atoms with Crippen LogP contribution in [0, 0.1) is 0 Å². The quantitative estimate of drug-likeness (QED) is 0.741. The number of H-pyrrole nitrogens is 1. The first-order chi connectivity index (χ1) is 13.4. The van der Waals surface area contributed by atoms with Crippen molar-refractivity contribution in [2.75, 3.05) is 6.54 Å². The number of benzene rings is 2. The SMILES string of the molecule is O=c1[nH]c(-c2ccccc2)nc2c1CN(Cc1ccccc1C(F)(F)F)CC2. The van der Waals surface area contributed by atoms with E-state index in [0.717, 1.165) is 11.6 Å². The Bertz CT molecular complexity index is 1040. The van der Waals surface area contributed by atoms with Crippen LogP contribution in [-0.2, 0) is 25.7 Å². The second kappa shape index (κ2) is 7.24. The van der Waals surface area contributed by atoms with Crippen molar-refractivity contribution in [3.8, 4) is 11.4 Å². The number of hydrogen-bond donors (Lipinski definition) is 1. The van der Waals surface area contributed by atoms with Crippen molar-refractivity contribution in [2.45, 2.75) is 25.7 Å². The number of rotatable bonds is 3. The first kappa shape index (κ1) is 18.4. The van der Waals surface area contributed by atoms with Crippen LogP contribution < -0.4 is 5.56 Å². The van der Waals surface area contributed by atoms with Gasteiger partial charge in [-0.15, -0.1) is 0 Å². The lowest BCUT2D eigenvalue weighted by Gasteiger charge is -2.28. The molecular formula is C21H18F3N3O. The van der Waals surface area contributed by atoms with Gasteiger partial charge >= 0.3 is 6.18 Å². The third-order valence-electron chi connectivity index (χ3n) is 4.91. The van der Waals surface area contributed by atoms with Gasteiger partial charge in [0.2, 0.25) is 0 Å². The van der Waals surface area contributed by atoms with Crippen LogP contribution in [0.25, 0.3) is 11.4 Å². The number of fused-ring (bicyclic) bond motifs is 1. The molecule has 0 bridgehead atoms. The largest absolute Gasteiger partial charge is 0.416 e. The summed E-state index contributed by atoms with van der Waals surface area (Å²) in [7, 11) is 0. The Morgan fingerprint density at radius 1 is 1.04 bits per heavy atom. The van der Waals surface area contributed by atoms with E-state index < -0.39 is 11.7 Å². The Labute approximate surface area is 159 Å². The highest BCUT2D eigenvalue weighted by Gasteiger charge is 2.33. The van der Waals surface area contributed by atoms with Gasteiger partial charge < -0.3 is 4.98 Å². The lowest BCUT2D eigenvalue weighted by molar-refractivity contribution is -0.138. The van der Waals surface area contributed by atoms with Crippen molar-refractivity contribution >= 4 is 0 Å². The molecule has 1 N–H and O–H groups in total. The van der Waals surface area contributed by atoms with E-state index in [2.05, 4.69) is 9.97 Å². The minimum Gasteiger partial charge on any atom is -0.306 e. The highest BCUT2D eigenvalue weighted by Crippen LogP contribution is 2.33. The molecule has 1 aromatic heterocycles. The van der Waals surface area contributed by atoms with Crippen molar-refractivity contribution in [3.05, 3.63) is 87.3 Å². The maximum absolute atomic E-state index is 13.2. The van der Waals surface area contributed by atoms with Crippen molar-refractivity contribution in [1.29, 1.82) is 0 Å². The molecule has 144 valence electrons. The zero-order chi connectivity index (χ0) is 19.7. The molecule has 0 radical (unpaired) electrons. The smallest absolute Gasteiger partial charge is 0.306 e. The average Bonchev–Trinajstić information content (AvgIpc) is 2.68. The number of nitrogens with one attached hydrogen (secondary N) is 1. The van der Waals surface area contributed by atoms with Gasteiger partial charge in [-0.3, -0.25) is 9.69 Å². The molecule has 3 aromatic rings. The van der Waals surface area contributed by atoms with E-state index in [1.54, 1.807) is 6.07 Å². The minimum absolute atomic E-state index is 0.134. The average molecular weight is 385 g/mol. The number of halogens is 3. The molecule has 0 aliphatic carbocycles. The van der Waals surface area contributed by atoms with Crippen molar-refractivity contribution in [2.24, 2.45) is 0 Å². The number of hydrogen-bond acceptors (Lipinski definition) is 3. The first-order valence-electron chi connectivity index (χ1n) is 8.97. The van der Waals surface area contributed by atoms with Gasteiger partial charge in [-0.25, -0.2) is 4.98 Å². The Morgan fingerprint density at radius 2 is 1.75 bits per heavy atom. The molecule has 0 saturated heterocycles. The molecule has 0 saturated carbocycles. The maximum Gasteiger partial charge on any atom is 0.416 e. The van der Waals surface area contributed by atoms with Crippen LogP contribution in [0.2, 0.25) is 0 Å². The summed E-state index contributed by atoms with van der Waals surface area (Å²) in [6.07, 6.45) is -3.87. The van der Waals surface area contributed by atoms with Crippen molar-refractivity contribution in [3.63, 3.8) is 0 Å². The Balaban J connectivity index is 1.59. The summed E-state index contributed by atoms with van der Waals surface area (Å²) in [6, 6.07) is 14.9. The third kappa shape index (κ3) is 3.71. The number of aromatic nitrogens is 2. The molecule has 28 heavy (non-hydrogen) atoms. The van der Waals surface area contributed by atoms with Crippen LogP contribution in [0.3, 0.4) is 0 Å². The van der Waals surface area contributed by atoms with Gasteiger partial charge in [0.15, 0.2) is 0 Å². The Kier molecular flexibility index (Phi) is 4.77. The van der Waals surface area contributed by atoms with Gasteiger partial charge in [-0.05, 0) is 11.6 Å². The molecule has 0 spiro atoms. The second-order valence-corrected chi connectivity index (χ2v) is 6.82. The van der Waals surface area contributed by atoms with Gasteiger partial charge in [0, 0.05) is 31.6 Å². The van der Waals surface area contributed by atoms with Crippen LogP contribution in [0.4, 0.5) is 13.2 Å². The topological polar surface area (TPSA) is 49.0 Å². The van der Waals surface area contributed by atoms with Crippen LogP contribution in [-0.4, -0.2) is 21.4 Å². The van der Waals surface area contributed by atoms with Crippen LogP contribution >= 0.6 is 0 Å². The summed E-state index contributed by atoms with van der Waals surface area (Å²) in [5, 5.41) is 0. The maximum atomic E-state index is 13.2. The lowest BCUT2D eigenvalue weighted by Crippen LogP contribution is -2.35. The predicted molar refractivity (Wildman–Crippen MR) is 99.6 cm³/mol. The predicted octanol–water partition coefficient (Wildman–Crippen LogP) is 4.01. The minimum atomic E-state index is -4.39.